The van der Waals surface area contributed by atoms with E-state index in [2.05, 4.69) is 5.32 Å². The Morgan fingerprint density at radius 3 is 3.08 bits per heavy atom. The second-order valence-electron chi connectivity index (χ2n) is 3.58. The Hall–Kier alpha value is -0.810. The molecule has 1 spiro atoms. The van der Waals surface area contributed by atoms with Crippen LogP contribution in [-0.4, -0.2) is 48.1 Å². The maximum atomic E-state index is 10.7. The van der Waals surface area contributed by atoms with Gasteiger partial charge in [0.1, 0.15) is 5.72 Å². The molecule has 0 aromatic carbocycles. The number of nitrogens with one attached hydrogen (secondary N) is 1. The first-order chi connectivity index (χ1) is 6.22. The van der Waals surface area contributed by atoms with Gasteiger partial charge in [-0.15, -0.1) is 0 Å². The molecule has 5 nitrogen and oxygen atoms in total. The van der Waals surface area contributed by atoms with Crippen LogP contribution in [-0.2, 0) is 4.74 Å². The van der Waals surface area contributed by atoms with Crippen LogP contribution in [0.3, 0.4) is 0 Å². The Labute approximate surface area is 76.7 Å². The predicted molar refractivity (Wildman–Crippen MR) is 45.5 cm³/mol. The third kappa shape index (κ3) is 1.62. The number of hydrogen-bond donors (Lipinski definition) is 2. The predicted octanol–water partition coefficient (Wildman–Crippen LogP) is 0.0763. The van der Waals surface area contributed by atoms with E-state index in [0.717, 1.165) is 19.4 Å². The van der Waals surface area contributed by atoms with Crippen LogP contribution < -0.4 is 5.32 Å². The highest BCUT2D eigenvalue weighted by Crippen LogP contribution is 2.24. The Balaban J connectivity index is 2.02. The van der Waals surface area contributed by atoms with Crippen LogP contribution in [0.25, 0.3) is 0 Å². The molecule has 74 valence electrons. The van der Waals surface area contributed by atoms with Crippen molar-refractivity contribution < 1.29 is 14.6 Å². The fourth-order valence-corrected chi connectivity index (χ4v) is 1.98. The first kappa shape index (κ1) is 8.77. The molecule has 2 N–H and O–H groups in total. The van der Waals surface area contributed by atoms with Crippen molar-refractivity contribution >= 4 is 6.09 Å². The average Bonchev–Trinajstić information content (AvgIpc) is 2.53. The number of carboxylic acid groups (broad SMARTS) is 1. The summed E-state index contributed by atoms with van der Waals surface area (Å²) in [5.41, 5.74) is -0.378. The van der Waals surface area contributed by atoms with E-state index in [1.807, 2.05) is 0 Å². The minimum absolute atomic E-state index is 0.378. The first-order valence-corrected chi connectivity index (χ1v) is 4.59. The molecular formula is C8H14N2O3. The van der Waals surface area contributed by atoms with Gasteiger partial charge in [0.15, 0.2) is 0 Å². The van der Waals surface area contributed by atoms with Crippen LogP contribution in [0.15, 0.2) is 0 Å². The van der Waals surface area contributed by atoms with Crippen molar-refractivity contribution in [2.45, 2.75) is 18.6 Å². The number of ether oxygens (including phenoxy) is 1. The van der Waals surface area contributed by atoms with Gasteiger partial charge in [-0.25, -0.2) is 4.79 Å². The van der Waals surface area contributed by atoms with Crippen molar-refractivity contribution in [3.8, 4) is 0 Å². The largest absolute Gasteiger partial charge is 0.465 e. The smallest absolute Gasteiger partial charge is 0.407 e. The fraction of sp³-hybridized carbons (Fsp3) is 0.875. The van der Waals surface area contributed by atoms with Crippen LogP contribution in [0.5, 0.6) is 0 Å². The summed E-state index contributed by atoms with van der Waals surface area (Å²) < 4.78 is 5.59. The molecule has 1 amide bonds. The summed E-state index contributed by atoms with van der Waals surface area (Å²) in [4.78, 5) is 12.2. The van der Waals surface area contributed by atoms with Crippen molar-refractivity contribution in [1.29, 1.82) is 0 Å². The zero-order chi connectivity index (χ0) is 9.31. The normalized spacial score (nSPS) is 34.0. The lowest BCUT2D eigenvalue weighted by atomic mass is 10.1. The second-order valence-corrected chi connectivity index (χ2v) is 3.58. The molecule has 0 aromatic rings. The van der Waals surface area contributed by atoms with Crippen molar-refractivity contribution in [3.05, 3.63) is 0 Å². The minimum atomic E-state index is -0.851. The van der Waals surface area contributed by atoms with Gasteiger partial charge in [-0.05, 0) is 19.4 Å². The number of morpholine rings is 1. The van der Waals surface area contributed by atoms with Gasteiger partial charge in [0.25, 0.3) is 0 Å². The summed E-state index contributed by atoms with van der Waals surface area (Å²) in [5.74, 6) is 0. The molecule has 2 aliphatic heterocycles. The van der Waals surface area contributed by atoms with E-state index in [9.17, 15) is 4.79 Å². The van der Waals surface area contributed by atoms with Crippen LogP contribution in [0.2, 0.25) is 0 Å². The summed E-state index contributed by atoms with van der Waals surface area (Å²) in [7, 11) is 0. The quantitative estimate of drug-likeness (QED) is 0.562. The number of rotatable bonds is 0. The molecular weight excluding hydrogens is 172 g/mol. The maximum absolute atomic E-state index is 10.7. The Kier molecular flexibility index (Phi) is 2.13. The molecule has 2 heterocycles. The summed E-state index contributed by atoms with van der Waals surface area (Å²) in [5, 5.41) is 12.1. The van der Waals surface area contributed by atoms with Crippen molar-refractivity contribution in [2.75, 3.05) is 26.2 Å². The van der Waals surface area contributed by atoms with Crippen molar-refractivity contribution in [2.24, 2.45) is 0 Å². The van der Waals surface area contributed by atoms with Crippen molar-refractivity contribution in [3.63, 3.8) is 0 Å². The Bertz CT molecular complexity index is 213. The molecule has 13 heavy (non-hydrogen) atoms. The van der Waals surface area contributed by atoms with Gasteiger partial charge in [-0.2, -0.15) is 0 Å². The zero-order valence-electron chi connectivity index (χ0n) is 7.45. The minimum Gasteiger partial charge on any atom is -0.465 e. The van der Waals surface area contributed by atoms with E-state index < -0.39 is 6.09 Å². The number of amides is 1. The van der Waals surface area contributed by atoms with E-state index in [0.29, 0.717) is 19.7 Å². The van der Waals surface area contributed by atoms with E-state index >= 15 is 0 Å². The number of nitrogens with zero attached hydrogens (tertiary/aromatic N) is 1. The molecule has 2 rings (SSSR count). The maximum Gasteiger partial charge on any atom is 0.407 e. The summed E-state index contributed by atoms with van der Waals surface area (Å²) in [6.07, 6.45) is 1.13. The number of hydrogen-bond acceptors (Lipinski definition) is 3. The van der Waals surface area contributed by atoms with E-state index in [1.54, 1.807) is 0 Å². The van der Waals surface area contributed by atoms with Gasteiger partial charge in [0.2, 0.25) is 0 Å². The lowest BCUT2D eigenvalue weighted by molar-refractivity contribution is -0.111. The lowest BCUT2D eigenvalue weighted by Crippen LogP contribution is -2.58. The summed E-state index contributed by atoms with van der Waals surface area (Å²) in [6.45, 7) is 2.37. The Morgan fingerprint density at radius 2 is 2.46 bits per heavy atom. The lowest BCUT2D eigenvalue weighted by Gasteiger charge is -2.39. The third-order valence-corrected chi connectivity index (χ3v) is 2.66. The van der Waals surface area contributed by atoms with Gasteiger partial charge in [-0.1, -0.05) is 0 Å². The first-order valence-electron chi connectivity index (χ1n) is 4.59. The molecule has 2 fully saturated rings. The topological polar surface area (TPSA) is 61.8 Å². The van der Waals surface area contributed by atoms with Gasteiger partial charge >= 0.3 is 6.09 Å². The molecule has 1 unspecified atom stereocenters. The van der Waals surface area contributed by atoms with Crippen LogP contribution in [0.4, 0.5) is 4.79 Å². The highest BCUT2D eigenvalue weighted by Gasteiger charge is 2.40. The SMILES string of the molecule is O=C(O)N1CCOC2(CCCN2)C1. The summed E-state index contributed by atoms with van der Waals surface area (Å²) in [6, 6.07) is 0. The molecule has 5 heteroatoms. The van der Waals surface area contributed by atoms with E-state index in [4.69, 9.17) is 9.84 Å². The van der Waals surface area contributed by atoms with Crippen LogP contribution in [0, 0.1) is 0 Å². The van der Waals surface area contributed by atoms with Crippen LogP contribution >= 0.6 is 0 Å². The second kappa shape index (κ2) is 3.16. The molecule has 2 saturated heterocycles. The van der Waals surface area contributed by atoms with E-state index in [1.165, 1.54) is 4.90 Å². The molecule has 1 atom stereocenters. The van der Waals surface area contributed by atoms with Gasteiger partial charge in [-0.3, -0.25) is 5.32 Å². The molecule has 0 bridgehead atoms. The molecule has 0 aliphatic carbocycles. The molecule has 0 saturated carbocycles. The highest BCUT2D eigenvalue weighted by atomic mass is 16.5. The van der Waals surface area contributed by atoms with Crippen LogP contribution in [0.1, 0.15) is 12.8 Å². The standard InChI is InChI=1S/C8H14N2O3/c11-7(12)10-4-5-13-8(6-10)2-1-3-9-8/h9H,1-6H2,(H,11,12). The highest BCUT2D eigenvalue weighted by molar-refractivity contribution is 5.65. The monoisotopic (exact) mass is 186 g/mol. The molecule has 0 radical (unpaired) electrons. The average molecular weight is 186 g/mol. The van der Waals surface area contributed by atoms with Gasteiger partial charge < -0.3 is 14.7 Å². The van der Waals surface area contributed by atoms with Gasteiger partial charge in [0, 0.05) is 6.54 Å². The fourth-order valence-electron chi connectivity index (χ4n) is 1.98. The molecule has 0 aromatic heterocycles. The number of carbonyl (C=O) groups is 1. The summed E-state index contributed by atoms with van der Waals surface area (Å²) >= 11 is 0. The Morgan fingerprint density at radius 1 is 1.62 bits per heavy atom. The van der Waals surface area contributed by atoms with Crippen molar-refractivity contribution in [1.82, 2.24) is 10.2 Å². The third-order valence-electron chi connectivity index (χ3n) is 2.66. The molecule has 2 aliphatic rings. The zero-order valence-corrected chi connectivity index (χ0v) is 7.45. The van der Waals surface area contributed by atoms with Gasteiger partial charge in [0.05, 0.1) is 13.2 Å². The van der Waals surface area contributed by atoms with E-state index in [-0.39, 0.29) is 5.72 Å².